The predicted octanol–water partition coefficient (Wildman–Crippen LogP) is 3.48. The van der Waals surface area contributed by atoms with Crippen molar-refractivity contribution in [3.63, 3.8) is 0 Å². The highest BCUT2D eigenvalue weighted by molar-refractivity contribution is 5.81. The summed E-state index contributed by atoms with van der Waals surface area (Å²) in [6.45, 7) is 4.81. The van der Waals surface area contributed by atoms with Crippen LogP contribution in [-0.4, -0.2) is 54.2 Å². The highest BCUT2D eigenvalue weighted by atomic mass is 16.5. The number of aliphatic carboxylic acids is 1. The van der Waals surface area contributed by atoms with E-state index < -0.39 is 23.4 Å². The molecule has 1 aliphatic carbocycles. The molecule has 0 saturated carbocycles. The molecule has 168 valence electrons. The van der Waals surface area contributed by atoms with Gasteiger partial charge in [0.2, 0.25) is 5.91 Å². The monoisotopic (exact) mass is 436 g/mol. The van der Waals surface area contributed by atoms with E-state index >= 15 is 0 Å². The van der Waals surface area contributed by atoms with Crippen LogP contribution in [0.2, 0.25) is 0 Å². The number of hydrogen-bond acceptors (Lipinski definition) is 4. The lowest BCUT2D eigenvalue weighted by Gasteiger charge is -2.38. The first-order chi connectivity index (χ1) is 15.2. The summed E-state index contributed by atoms with van der Waals surface area (Å²) in [5, 5.41) is 11.7. The lowest BCUT2D eigenvalue weighted by molar-refractivity contribution is -0.153. The number of carboxylic acids is 1. The van der Waals surface area contributed by atoms with Gasteiger partial charge in [-0.25, -0.2) is 4.79 Å². The fourth-order valence-corrected chi connectivity index (χ4v) is 4.38. The topological polar surface area (TPSA) is 95.9 Å². The van der Waals surface area contributed by atoms with E-state index in [4.69, 9.17) is 9.84 Å². The average Bonchev–Trinajstić information content (AvgIpc) is 3.03. The molecule has 2 aliphatic rings. The van der Waals surface area contributed by atoms with E-state index in [2.05, 4.69) is 29.6 Å². The Morgan fingerprint density at radius 1 is 1.03 bits per heavy atom. The summed E-state index contributed by atoms with van der Waals surface area (Å²) < 4.78 is 5.55. The van der Waals surface area contributed by atoms with Crippen LogP contribution >= 0.6 is 0 Å². The summed E-state index contributed by atoms with van der Waals surface area (Å²) in [5.74, 6) is -1.44. The number of nitrogens with one attached hydrogen (secondary N) is 1. The lowest BCUT2D eigenvalue weighted by atomic mass is 9.87. The van der Waals surface area contributed by atoms with Crippen LogP contribution in [0.4, 0.5) is 4.79 Å². The fraction of sp³-hybridized carbons (Fsp3) is 0.400. The van der Waals surface area contributed by atoms with Gasteiger partial charge in [0, 0.05) is 32.0 Å². The Morgan fingerprint density at radius 2 is 1.59 bits per heavy atom. The van der Waals surface area contributed by atoms with Gasteiger partial charge in [-0.2, -0.15) is 0 Å². The Balaban J connectivity index is 1.27. The number of alkyl carbamates (subject to hydrolysis) is 1. The molecule has 1 saturated heterocycles. The highest BCUT2D eigenvalue weighted by Gasteiger charge is 2.37. The summed E-state index contributed by atoms with van der Waals surface area (Å²) >= 11 is 0. The quantitative estimate of drug-likeness (QED) is 0.693. The zero-order chi connectivity index (χ0) is 22.9. The predicted molar refractivity (Wildman–Crippen MR) is 119 cm³/mol. The highest BCUT2D eigenvalue weighted by Crippen LogP contribution is 2.44. The van der Waals surface area contributed by atoms with E-state index in [9.17, 15) is 14.4 Å². The fourth-order valence-electron chi connectivity index (χ4n) is 4.38. The van der Waals surface area contributed by atoms with Crippen molar-refractivity contribution in [1.82, 2.24) is 10.2 Å². The first-order valence-electron chi connectivity index (χ1n) is 10.8. The summed E-state index contributed by atoms with van der Waals surface area (Å²) in [6.07, 6.45) is -0.287. The summed E-state index contributed by atoms with van der Waals surface area (Å²) in [4.78, 5) is 37.2. The Bertz CT molecular complexity index is 997. The zero-order valence-corrected chi connectivity index (χ0v) is 18.3. The van der Waals surface area contributed by atoms with Gasteiger partial charge in [0.1, 0.15) is 6.61 Å². The minimum Gasteiger partial charge on any atom is -0.481 e. The molecular formula is C25H28N2O5. The first kappa shape index (κ1) is 21.9. The van der Waals surface area contributed by atoms with Crippen molar-refractivity contribution < 1.29 is 24.2 Å². The molecule has 2 amide bonds. The van der Waals surface area contributed by atoms with E-state index in [1.54, 1.807) is 4.90 Å². The molecule has 7 heteroatoms. The maximum atomic E-state index is 12.4. The number of likely N-dealkylation sites (tertiary alicyclic amines) is 1. The second kappa shape index (κ2) is 8.65. The molecule has 1 fully saturated rings. The Hall–Kier alpha value is -3.35. The number of amides is 2. The van der Waals surface area contributed by atoms with Crippen molar-refractivity contribution in [2.75, 3.05) is 26.2 Å². The molecule has 0 unspecified atom stereocenters. The maximum Gasteiger partial charge on any atom is 0.407 e. The Morgan fingerprint density at radius 3 is 2.16 bits per heavy atom. The molecule has 0 bridgehead atoms. The number of fused-ring (bicyclic) bond motifs is 3. The third-order valence-corrected chi connectivity index (χ3v) is 6.27. The van der Waals surface area contributed by atoms with Gasteiger partial charge in [-0.15, -0.1) is 0 Å². The minimum atomic E-state index is -0.870. The molecule has 1 heterocycles. The zero-order valence-electron chi connectivity index (χ0n) is 18.3. The van der Waals surface area contributed by atoms with Crippen LogP contribution in [0, 0.1) is 11.3 Å². The van der Waals surface area contributed by atoms with E-state index in [0.717, 1.165) is 11.1 Å². The van der Waals surface area contributed by atoms with Crippen LogP contribution < -0.4 is 5.32 Å². The van der Waals surface area contributed by atoms with Gasteiger partial charge in [-0.3, -0.25) is 9.59 Å². The number of carbonyl (C=O) groups excluding carboxylic acids is 2. The number of carboxylic acid groups (broad SMARTS) is 1. The van der Waals surface area contributed by atoms with Crippen LogP contribution in [-0.2, 0) is 14.3 Å². The second-order valence-electron chi connectivity index (χ2n) is 9.35. The molecule has 2 N–H and O–H groups in total. The summed E-state index contributed by atoms with van der Waals surface area (Å²) in [6, 6.07) is 16.3. The van der Waals surface area contributed by atoms with Gasteiger partial charge in [0.25, 0.3) is 0 Å². The molecule has 0 radical (unpaired) electrons. The third kappa shape index (κ3) is 4.47. The number of hydrogen-bond donors (Lipinski definition) is 2. The number of benzene rings is 2. The van der Waals surface area contributed by atoms with Crippen LogP contribution in [0.3, 0.4) is 0 Å². The van der Waals surface area contributed by atoms with Gasteiger partial charge in [-0.05, 0) is 27.7 Å². The number of nitrogens with zero attached hydrogens (tertiary/aromatic N) is 1. The van der Waals surface area contributed by atoms with Crippen molar-refractivity contribution in [2.45, 2.75) is 26.2 Å². The van der Waals surface area contributed by atoms with Gasteiger partial charge in [0.15, 0.2) is 0 Å². The first-order valence-corrected chi connectivity index (χ1v) is 10.8. The van der Waals surface area contributed by atoms with Crippen molar-refractivity contribution in [3.05, 3.63) is 59.7 Å². The number of ether oxygens (including phenoxy) is 1. The molecule has 0 atom stereocenters. The van der Waals surface area contributed by atoms with E-state index in [-0.39, 0.29) is 44.5 Å². The van der Waals surface area contributed by atoms with Crippen LogP contribution in [0.15, 0.2) is 48.5 Å². The number of rotatable bonds is 7. The van der Waals surface area contributed by atoms with Crippen molar-refractivity contribution in [3.8, 4) is 11.1 Å². The molecule has 7 nitrogen and oxygen atoms in total. The average molecular weight is 437 g/mol. The molecule has 2 aromatic rings. The summed E-state index contributed by atoms with van der Waals surface area (Å²) in [5.41, 5.74) is 4.18. The van der Waals surface area contributed by atoms with E-state index in [0.29, 0.717) is 0 Å². The van der Waals surface area contributed by atoms with Crippen molar-refractivity contribution >= 4 is 18.0 Å². The van der Waals surface area contributed by atoms with Crippen LogP contribution in [0.5, 0.6) is 0 Å². The van der Waals surface area contributed by atoms with Crippen molar-refractivity contribution in [1.29, 1.82) is 0 Å². The second-order valence-corrected chi connectivity index (χ2v) is 9.35. The van der Waals surface area contributed by atoms with Crippen molar-refractivity contribution in [2.24, 2.45) is 11.3 Å². The molecular weight excluding hydrogens is 408 g/mol. The molecule has 2 aromatic carbocycles. The smallest absolute Gasteiger partial charge is 0.407 e. The van der Waals surface area contributed by atoms with Crippen LogP contribution in [0.1, 0.15) is 37.3 Å². The minimum absolute atomic E-state index is 0.00339. The molecule has 0 spiro atoms. The maximum absolute atomic E-state index is 12.4. The van der Waals surface area contributed by atoms with Gasteiger partial charge < -0.3 is 20.1 Å². The largest absolute Gasteiger partial charge is 0.481 e. The SMILES string of the molecule is CC(C)(CNC(=O)OCC1c2ccccc2-c2ccccc21)CC(=O)N1CC(C(=O)O)C1. The normalized spacial score (nSPS) is 15.5. The number of carbonyl (C=O) groups is 3. The van der Waals surface area contributed by atoms with E-state index in [1.165, 1.54) is 11.1 Å². The lowest BCUT2D eigenvalue weighted by Crippen LogP contribution is -2.54. The summed E-state index contributed by atoms with van der Waals surface area (Å²) in [7, 11) is 0. The Labute approximate surface area is 187 Å². The molecule has 0 aromatic heterocycles. The van der Waals surface area contributed by atoms with E-state index in [1.807, 2.05) is 38.1 Å². The Kier molecular flexibility index (Phi) is 5.91. The van der Waals surface area contributed by atoms with Gasteiger partial charge in [-0.1, -0.05) is 62.4 Å². The van der Waals surface area contributed by atoms with Gasteiger partial charge in [0.05, 0.1) is 5.92 Å². The van der Waals surface area contributed by atoms with Gasteiger partial charge >= 0.3 is 12.1 Å². The van der Waals surface area contributed by atoms with Crippen LogP contribution in [0.25, 0.3) is 11.1 Å². The molecule has 4 rings (SSSR count). The molecule has 1 aliphatic heterocycles. The standard InChI is InChI=1S/C25H28N2O5/c1-25(2,11-22(28)27-12-16(13-27)23(29)30)15-26-24(31)32-14-21-19-9-5-3-7-17(19)18-8-4-6-10-20(18)21/h3-10,16,21H,11-15H2,1-2H3,(H,26,31)(H,29,30). The molecule has 32 heavy (non-hydrogen) atoms. The third-order valence-electron chi connectivity index (χ3n) is 6.27.